The number of hydrogen-bond donors (Lipinski definition) is 1. The highest BCUT2D eigenvalue weighted by Crippen LogP contribution is 2.41. The molecule has 1 atom stereocenters. The molecule has 3 rings (SSSR count). The van der Waals surface area contributed by atoms with E-state index in [1.54, 1.807) is 12.5 Å². The summed E-state index contributed by atoms with van der Waals surface area (Å²) in [4.78, 5) is 4.13. The monoisotopic (exact) mass is 298 g/mol. The second-order valence-electron chi connectivity index (χ2n) is 6.81. The first kappa shape index (κ1) is 15.3. The Bertz CT molecular complexity index is 614. The maximum atomic E-state index is 11.7. The van der Waals surface area contributed by atoms with Crippen LogP contribution < -0.4 is 0 Å². The van der Waals surface area contributed by atoms with Gasteiger partial charge < -0.3 is 9.67 Å². The lowest BCUT2D eigenvalue weighted by atomic mass is 9.72. The molecule has 0 spiro atoms. The number of benzene rings is 1. The van der Waals surface area contributed by atoms with Gasteiger partial charge in [-0.3, -0.25) is 0 Å². The van der Waals surface area contributed by atoms with E-state index >= 15 is 0 Å². The molecule has 22 heavy (non-hydrogen) atoms. The van der Waals surface area contributed by atoms with Crippen molar-refractivity contribution in [1.29, 1.82) is 0 Å². The van der Waals surface area contributed by atoms with Gasteiger partial charge >= 0.3 is 0 Å². The lowest BCUT2D eigenvalue weighted by molar-refractivity contribution is -0.0537. The average Bonchev–Trinajstić information content (AvgIpc) is 3.00. The molecule has 0 saturated heterocycles. The van der Waals surface area contributed by atoms with Crippen molar-refractivity contribution in [2.45, 2.75) is 58.1 Å². The van der Waals surface area contributed by atoms with Gasteiger partial charge in [-0.15, -0.1) is 0 Å². The van der Waals surface area contributed by atoms with Crippen molar-refractivity contribution in [1.82, 2.24) is 9.55 Å². The Kier molecular flexibility index (Phi) is 4.34. The highest BCUT2D eigenvalue weighted by molar-refractivity contribution is 5.35. The van der Waals surface area contributed by atoms with Crippen molar-refractivity contribution >= 4 is 0 Å². The summed E-state index contributed by atoms with van der Waals surface area (Å²) < 4.78 is 2.01. The fourth-order valence-electron chi connectivity index (χ4n) is 3.97. The molecule has 1 unspecified atom stereocenters. The smallest absolute Gasteiger partial charge is 0.110 e. The summed E-state index contributed by atoms with van der Waals surface area (Å²) in [7, 11) is 0. The largest absolute Gasteiger partial charge is 0.383 e. The zero-order valence-electron chi connectivity index (χ0n) is 13.6. The van der Waals surface area contributed by atoms with Gasteiger partial charge in [0.25, 0.3) is 0 Å². The van der Waals surface area contributed by atoms with Gasteiger partial charge in [-0.25, -0.2) is 4.98 Å². The molecule has 0 bridgehead atoms. The van der Waals surface area contributed by atoms with Crippen LogP contribution in [0.25, 0.3) is 0 Å². The van der Waals surface area contributed by atoms with E-state index in [9.17, 15) is 5.11 Å². The second kappa shape index (κ2) is 6.25. The van der Waals surface area contributed by atoms with Crippen molar-refractivity contribution in [3.05, 3.63) is 53.6 Å². The molecule has 1 heterocycles. The molecule has 1 saturated carbocycles. The third kappa shape index (κ3) is 2.95. The molecular weight excluding hydrogens is 272 g/mol. The van der Waals surface area contributed by atoms with Gasteiger partial charge in [0.15, 0.2) is 0 Å². The first-order valence-electron chi connectivity index (χ1n) is 8.35. The van der Waals surface area contributed by atoms with Gasteiger partial charge in [-0.05, 0) is 43.7 Å². The minimum atomic E-state index is -0.807. The topological polar surface area (TPSA) is 38.0 Å². The molecule has 1 fully saturated rings. The fraction of sp³-hybridized carbons (Fsp3) is 0.526. The minimum Gasteiger partial charge on any atom is -0.383 e. The third-order valence-corrected chi connectivity index (χ3v) is 5.11. The maximum Gasteiger partial charge on any atom is 0.110 e. The Morgan fingerprint density at radius 3 is 2.64 bits per heavy atom. The van der Waals surface area contributed by atoms with E-state index in [2.05, 4.69) is 37.0 Å². The fourth-order valence-corrected chi connectivity index (χ4v) is 3.97. The highest BCUT2D eigenvalue weighted by Gasteiger charge is 2.40. The number of aromatic nitrogens is 2. The van der Waals surface area contributed by atoms with Crippen LogP contribution in [0.3, 0.4) is 0 Å². The molecule has 1 N–H and O–H groups in total. The molecule has 1 aliphatic rings. The summed E-state index contributed by atoms with van der Waals surface area (Å²) in [6, 6.07) is 6.41. The Balaban J connectivity index is 2.00. The number of nitrogens with zero attached hydrogens (tertiary/aromatic N) is 2. The van der Waals surface area contributed by atoms with Crippen LogP contribution in [0.4, 0.5) is 0 Å². The summed E-state index contributed by atoms with van der Waals surface area (Å²) >= 11 is 0. The van der Waals surface area contributed by atoms with Gasteiger partial charge in [-0.1, -0.05) is 43.0 Å². The average molecular weight is 298 g/mol. The summed E-state index contributed by atoms with van der Waals surface area (Å²) in [5.41, 5.74) is 2.71. The van der Waals surface area contributed by atoms with Crippen molar-refractivity contribution in [3.8, 4) is 0 Å². The predicted octanol–water partition coefficient (Wildman–Crippen LogP) is 3.97. The molecule has 2 aromatic rings. The molecule has 3 nitrogen and oxygen atoms in total. The summed E-state index contributed by atoms with van der Waals surface area (Å²) in [5.74, 6) is 0.324. The van der Waals surface area contributed by atoms with Crippen LogP contribution in [-0.2, 0) is 12.1 Å². The Morgan fingerprint density at radius 2 is 2.00 bits per heavy atom. The highest BCUT2D eigenvalue weighted by atomic mass is 16.3. The van der Waals surface area contributed by atoms with Crippen molar-refractivity contribution in [3.63, 3.8) is 0 Å². The van der Waals surface area contributed by atoms with Crippen molar-refractivity contribution < 1.29 is 5.11 Å². The Morgan fingerprint density at radius 1 is 1.23 bits per heavy atom. The molecule has 0 amide bonds. The lowest BCUT2D eigenvalue weighted by Crippen LogP contribution is -2.41. The van der Waals surface area contributed by atoms with E-state index < -0.39 is 5.60 Å². The predicted molar refractivity (Wildman–Crippen MR) is 88.6 cm³/mol. The van der Waals surface area contributed by atoms with Crippen LogP contribution in [-0.4, -0.2) is 14.7 Å². The van der Waals surface area contributed by atoms with Crippen LogP contribution in [0.1, 0.15) is 48.8 Å². The molecule has 3 heteroatoms. The number of imidazole rings is 1. The molecule has 118 valence electrons. The summed E-state index contributed by atoms with van der Waals surface area (Å²) in [5, 5.41) is 11.7. The lowest BCUT2D eigenvalue weighted by Gasteiger charge is -2.40. The Hall–Kier alpha value is -1.61. The Labute approximate surface area is 133 Å². The third-order valence-electron chi connectivity index (χ3n) is 5.11. The first-order valence-corrected chi connectivity index (χ1v) is 8.35. The number of aryl methyl sites for hydroxylation is 2. The molecular formula is C19H26N2O. The van der Waals surface area contributed by atoms with Crippen LogP contribution in [0.2, 0.25) is 0 Å². The van der Waals surface area contributed by atoms with E-state index in [0.29, 0.717) is 12.5 Å². The summed E-state index contributed by atoms with van der Waals surface area (Å²) in [6.07, 6.45) is 11.5. The zero-order valence-corrected chi connectivity index (χ0v) is 13.6. The normalized spacial score (nSPS) is 19.0. The van der Waals surface area contributed by atoms with E-state index in [4.69, 9.17) is 0 Å². The van der Waals surface area contributed by atoms with E-state index in [-0.39, 0.29) is 0 Å². The standard InChI is InChI=1S/C19H26N2O/c1-15-8-9-18(16(2)12-15)19(22,13-21-11-10-20-14-21)17-6-4-3-5-7-17/h8-12,14,17,22H,3-7,13H2,1-2H3. The number of hydrogen-bond acceptors (Lipinski definition) is 2. The van der Waals surface area contributed by atoms with E-state index in [1.165, 1.54) is 30.4 Å². The van der Waals surface area contributed by atoms with E-state index in [0.717, 1.165) is 18.4 Å². The molecule has 0 aliphatic heterocycles. The molecule has 0 radical (unpaired) electrons. The number of aliphatic hydroxyl groups is 1. The van der Waals surface area contributed by atoms with Crippen LogP contribution >= 0.6 is 0 Å². The maximum absolute atomic E-state index is 11.7. The number of rotatable bonds is 4. The van der Waals surface area contributed by atoms with E-state index in [1.807, 2.05) is 10.8 Å². The van der Waals surface area contributed by atoms with Gasteiger partial charge in [0.2, 0.25) is 0 Å². The SMILES string of the molecule is Cc1ccc(C(O)(Cn2ccnc2)C2CCCCC2)c(C)c1. The van der Waals surface area contributed by atoms with Gasteiger partial charge in [0, 0.05) is 12.4 Å². The molecule has 1 aromatic heterocycles. The van der Waals surface area contributed by atoms with Gasteiger partial charge in [-0.2, -0.15) is 0 Å². The summed E-state index contributed by atoms with van der Waals surface area (Å²) in [6.45, 7) is 4.80. The quantitative estimate of drug-likeness (QED) is 0.927. The van der Waals surface area contributed by atoms with Gasteiger partial charge in [0.1, 0.15) is 5.60 Å². The minimum absolute atomic E-state index is 0.324. The van der Waals surface area contributed by atoms with Crippen LogP contribution in [0.15, 0.2) is 36.9 Å². The van der Waals surface area contributed by atoms with Crippen molar-refractivity contribution in [2.24, 2.45) is 5.92 Å². The van der Waals surface area contributed by atoms with Crippen molar-refractivity contribution in [2.75, 3.05) is 0 Å². The van der Waals surface area contributed by atoms with Gasteiger partial charge in [0.05, 0.1) is 12.9 Å². The second-order valence-corrected chi connectivity index (χ2v) is 6.81. The molecule has 1 aliphatic carbocycles. The molecule has 1 aromatic carbocycles. The van der Waals surface area contributed by atoms with Crippen LogP contribution in [0, 0.1) is 19.8 Å². The first-order chi connectivity index (χ1) is 10.6. The zero-order chi connectivity index (χ0) is 15.6. The van der Waals surface area contributed by atoms with Crippen LogP contribution in [0.5, 0.6) is 0 Å².